The van der Waals surface area contributed by atoms with Crippen LogP contribution in [0.4, 0.5) is 5.82 Å². The fourth-order valence-corrected chi connectivity index (χ4v) is 6.52. The number of hydrogen-bond acceptors (Lipinski definition) is 6. The zero-order chi connectivity index (χ0) is 28.7. The van der Waals surface area contributed by atoms with Gasteiger partial charge in [-0.1, -0.05) is 49.0 Å². The molecule has 1 spiro atoms. The second-order valence-corrected chi connectivity index (χ2v) is 11.5. The van der Waals surface area contributed by atoms with Crippen LogP contribution in [0.5, 0.6) is 0 Å². The van der Waals surface area contributed by atoms with Gasteiger partial charge in [-0.05, 0) is 67.4 Å². The number of pyridine rings is 2. The molecule has 0 unspecified atom stereocenters. The summed E-state index contributed by atoms with van der Waals surface area (Å²) in [7, 11) is 0. The van der Waals surface area contributed by atoms with Gasteiger partial charge in [-0.3, -0.25) is 14.3 Å². The second-order valence-electron chi connectivity index (χ2n) is 11.5. The molecule has 2 N–H and O–H groups in total. The van der Waals surface area contributed by atoms with Crippen molar-refractivity contribution in [3.05, 3.63) is 103 Å². The number of carbonyl (C=O) groups is 1. The van der Waals surface area contributed by atoms with Crippen LogP contribution in [0, 0.1) is 5.41 Å². The summed E-state index contributed by atoms with van der Waals surface area (Å²) in [6.07, 6.45) is 5.31. The Balaban J connectivity index is 1.20. The Morgan fingerprint density at radius 1 is 0.929 bits per heavy atom. The lowest BCUT2D eigenvalue weighted by molar-refractivity contribution is -0.125. The molecule has 2 saturated heterocycles. The average Bonchev–Trinajstić information content (AvgIpc) is 3.74. The van der Waals surface area contributed by atoms with E-state index in [1.165, 1.54) is 11.6 Å². The number of nitrogen functional groups attached to an aromatic ring is 1. The molecule has 42 heavy (non-hydrogen) atoms. The highest BCUT2D eigenvalue weighted by Crippen LogP contribution is 2.40. The predicted octanol–water partition coefficient (Wildman–Crippen LogP) is 5.34. The van der Waals surface area contributed by atoms with Crippen LogP contribution in [0.15, 0.2) is 97.7 Å². The molecule has 7 rings (SSSR count). The quantitative estimate of drug-likeness (QED) is 0.284. The number of fused-ring (bicyclic) bond motifs is 1. The topological polar surface area (TPSA) is 93.2 Å². The van der Waals surface area contributed by atoms with E-state index in [-0.39, 0.29) is 11.3 Å². The Hall–Kier alpha value is -4.82. The van der Waals surface area contributed by atoms with Gasteiger partial charge in [0.25, 0.3) is 0 Å². The molecule has 210 valence electrons. The van der Waals surface area contributed by atoms with Gasteiger partial charge in [0.15, 0.2) is 11.5 Å². The monoisotopic (exact) mass is 555 g/mol. The minimum atomic E-state index is 0.0470. The Morgan fingerprint density at radius 3 is 2.52 bits per heavy atom. The molecular weight excluding hydrogens is 522 g/mol. The third kappa shape index (κ3) is 4.73. The maximum Gasteiger partial charge on any atom is 0.245 e. The van der Waals surface area contributed by atoms with Gasteiger partial charge >= 0.3 is 0 Å². The van der Waals surface area contributed by atoms with Crippen LogP contribution < -0.4 is 5.73 Å². The summed E-state index contributed by atoms with van der Waals surface area (Å²) >= 11 is 0. The van der Waals surface area contributed by atoms with Gasteiger partial charge in [0.05, 0.1) is 11.3 Å². The van der Waals surface area contributed by atoms with E-state index in [1.807, 2.05) is 47.4 Å². The molecule has 5 heterocycles. The van der Waals surface area contributed by atoms with Crippen molar-refractivity contribution in [3.63, 3.8) is 0 Å². The Bertz CT molecular complexity index is 1780. The standard InChI is InChI=1S/C34H33N7O/c1-2-30(42)40-20-17-34(23-40)16-19-39(22-34)21-24-10-12-26(13-11-24)41-32(27-9-6-18-36-31(27)35)38-29-15-14-28(37-33(29)41)25-7-4-3-5-8-25/h2-15,18H,1,16-17,19-23H2,(H2,35,36)/t34-/m0/s1. The number of carbonyl (C=O) groups excluding carboxylic acids is 1. The van der Waals surface area contributed by atoms with E-state index in [0.29, 0.717) is 11.6 Å². The molecule has 0 aliphatic carbocycles. The third-order valence-corrected chi connectivity index (χ3v) is 8.70. The van der Waals surface area contributed by atoms with E-state index in [2.05, 4.69) is 57.4 Å². The normalized spacial score (nSPS) is 18.7. The van der Waals surface area contributed by atoms with E-state index in [9.17, 15) is 4.79 Å². The van der Waals surface area contributed by atoms with Gasteiger partial charge in [0.1, 0.15) is 11.3 Å². The summed E-state index contributed by atoms with van der Waals surface area (Å²) in [5.41, 5.74) is 13.0. The van der Waals surface area contributed by atoms with Crippen molar-refractivity contribution in [1.29, 1.82) is 0 Å². The minimum Gasteiger partial charge on any atom is -0.383 e. The van der Waals surface area contributed by atoms with Gasteiger partial charge in [0.2, 0.25) is 5.91 Å². The molecule has 5 aromatic rings. The zero-order valence-corrected chi connectivity index (χ0v) is 23.5. The summed E-state index contributed by atoms with van der Waals surface area (Å²) in [6, 6.07) is 26.7. The molecule has 0 radical (unpaired) electrons. The molecule has 2 aromatic carbocycles. The van der Waals surface area contributed by atoms with Crippen LogP contribution >= 0.6 is 0 Å². The van der Waals surface area contributed by atoms with Gasteiger partial charge in [-0.25, -0.2) is 15.0 Å². The fraction of sp³-hybridized carbons (Fsp3) is 0.235. The molecule has 0 bridgehead atoms. The average molecular weight is 556 g/mol. The van der Waals surface area contributed by atoms with Crippen LogP contribution in [0.1, 0.15) is 18.4 Å². The molecule has 2 aliphatic heterocycles. The van der Waals surface area contributed by atoms with E-state index in [1.54, 1.807) is 6.20 Å². The maximum absolute atomic E-state index is 12.1. The number of likely N-dealkylation sites (tertiary alicyclic amines) is 2. The number of amides is 1. The van der Waals surface area contributed by atoms with E-state index in [0.717, 1.165) is 79.2 Å². The van der Waals surface area contributed by atoms with Gasteiger partial charge in [-0.2, -0.15) is 0 Å². The molecule has 1 amide bonds. The Morgan fingerprint density at radius 2 is 1.74 bits per heavy atom. The van der Waals surface area contributed by atoms with Crippen molar-refractivity contribution in [3.8, 4) is 28.3 Å². The predicted molar refractivity (Wildman–Crippen MR) is 166 cm³/mol. The van der Waals surface area contributed by atoms with Gasteiger partial charge in [-0.15, -0.1) is 0 Å². The first-order valence-electron chi connectivity index (χ1n) is 14.4. The first-order valence-corrected chi connectivity index (χ1v) is 14.4. The van der Waals surface area contributed by atoms with Gasteiger partial charge < -0.3 is 10.6 Å². The summed E-state index contributed by atoms with van der Waals surface area (Å²) in [5, 5.41) is 0. The van der Waals surface area contributed by atoms with Crippen molar-refractivity contribution in [1.82, 2.24) is 29.3 Å². The SMILES string of the molecule is C=CC(=O)N1CC[C@]2(CCN(Cc3ccc(-n4c(-c5cccnc5N)nc5ccc(-c6ccccc6)nc54)cc3)C2)C1. The smallest absolute Gasteiger partial charge is 0.245 e. The molecule has 2 fully saturated rings. The largest absolute Gasteiger partial charge is 0.383 e. The number of anilines is 1. The molecular formula is C34H33N7O. The summed E-state index contributed by atoms with van der Waals surface area (Å²) in [6.45, 7) is 8.25. The molecule has 2 aliphatic rings. The number of nitrogens with zero attached hydrogens (tertiary/aromatic N) is 6. The number of rotatable bonds is 6. The highest BCUT2D eigenvalue weighted by Gasteiger charge is 2.44. The lowest BCUT2D eigenvalue weighted by Gasteiger charge is -2.24. The van der Waals surface area contributed by atoms with Crippen molar-refractivity contribution in [2.24, 2.45) is 5.41 Å². The highest BCUT2D eigenvalue weighted by atomic mass is 16.2. The lowest BCUT2D eigenvalue weighted by Crippen LogP contribution is -2.33. The molecule has 3 aromatic heterocycles. The number of nitrogens with two attached hydrogens (primary N) is 1. The minimum absolute atomic E-state index is 0.0470. The van der Waals surface area contributed by atoms with Crippen LogP contribution in [0.3, 0.4) is 0 Å². The van der Waals surface area contributed by atoms with Crippen molar-refractivity contribution in [2.45, 2.75) is 19.4 Å². The molecule has 8 nitrogen and oxygen atoms in total. The maximum atomic E-state index is 12.1. The van der Waals surface area contributed by atoms with Crippen LogP contribution in [-0.4, -0.2) is 61.4 Å². The molecule has 1 atom stereocenters. The Labute approximate surface area is 245 Å². The fourth-order valence-electron chi connectivity index (χ4n) is 6.52. The first kappa shape index (κ1) is 26.1. The Kier molecular flexibility index (Phi) is 6.55. The molecule has 8 heteroatoms. The molecule has 0 saturated carbocycles. The number of benzene rings is 2. The second kappa shape index (κ2) is 10.5. The third-order valence-electron chi connectivity index (χ3n) is 8.70. The van der Waals surface area contributed by atoms with Crippen LogP contribution in [0.2, 0.25) is 0 Å². The van der Waals surface area contributed by atoms with Gasteiger partial charge in [0, 0.05) is 49.0 Å². The summed E-state index contributed by atoms with van der Waals surface area (Å²) < 4.78 is 2.08. The van der Waals surface area contributed by atoms with Crippen LogP contribution in [-0.2, 0) is 11.3 Å². The number of aromatic nitrogens is 4. The van der Waals surface area contributed by atoms with E-state index < -0.39 is 0 Å². The first-order chi connectivity index (χ1) is 20.5. The zero-order valence-electron chi connectivity index (χ0n) is 23.5. The highest BCUT2D eigenvalue weighted by molar-refractivity contribution is 5.87. The lowest BCUT2D eigenvalue weighted by atomic mass is 9.86. The van der Waals surface area contributed by atoms with Crippen molar-refractivity contribution in [2.75, 3.05) is 31.9 Å². The van der Waals surface area contributed by atoms with E-state index in [4.69, 9.17) is 15.7 Å². The van der Waals surface area contributed by atoms with Crippen molar-refractivity contribution >= 4 is 22.9 Å². The number of hydrogen-bond donors (Lipinski definition) is 1. The summed E-state index contributed by atoms with van der Waals surface area (Å²) in [4.78, 5) is 30.9. The van der Waals surface area contributed by atoms with E-state index >= 15 is 0 Å². The van der Waals surface area contributed by atoms with Crippen LogP contribution in [0.25, 0.3) is 39.5 Å². The number of imidazole rings is 1. The summed E-state index contributed by atoms with van der Waals surface area (Å²) in [5.74, 6) is 1.19. The van der Waals surface area contributed by atoms with Crippen molar-refractivity contribution < 1.29 is 4.79 Å².